The number of nitrogens with zero attached hydrogens (tertiary/aromatic N) is 4. The third kappa shape index (κ3) is 2.40. The zero-order valence-electron chi connectivity index (χ0n) is 19.1. The first-order chi connectivity index (χ1) is 17.7. The maximum absolute atomic E-state index is 13.2. The summed E-state index contributed by atoms with van der Waals surface area (Å²) in [6.07, 6.45) is 0. The van der Waals surface area contributed by atoms with Gasteiger partial charge in [0.2, 0.25) is 0 Å². The van der Waals surface area contributed by atoms with Crippen molar-refractivity contribution >= 4 is 33.4 Å². The second kappa shape index (κ2) is 6.86. The zero-order chi connectivity index (χ0) is 24.0. The number of hydrogen-bond acceptors (Lipinski definition) is 4. The van der Waals surface area contributed by atoms with Gasteiger partial charge in [-0.15, -0.1) is 0 Å². The Bertz CT molecular complexity index is 1800. The smallest absolute Gasteiger partial charge is 0.194 e. The molecule has 0 bridgehead atoms. The summed E-state index contributed by atoms with van der Waals surface area (Å²) in [6, 6.07) is 27.0. The molecule has 0 spiro atoms. The van der Waals surface area contributed by atoms with Gasteiger partial charge in [0.05, 0.1) is 24.1 Å². The van der Waals surface area contributed by atoms with E-state index in [-0.39, 0.29) is 11.6 Å². The monoisotopic (exact) mass is 466 g/mol. The van der Waals surface area contributed by atoms with Crippen LogP contribution in [0.1, 0.15) is 31.8 Å². The molecule has 0 radical (unpaired) electrons. The van der Waals surface area contributed by atoms with Crippen LogP contribution in [-0.4, -0.2) is 31.1 Å². The molecule has 36 heavy (non-hydrogen) atoms. The van der Waals surface area contributed by atoms with Gasteiger partial charge in [-0.05, 0) is 12.1 Å². The molecule has 0 saturated heterocycles. The van der Waals surface area contributed by atoms with Crippen LogP contribution in [0.25, 0.3) is 44.3 Å². The normalized spacial score (nSPS) is 13.3. The van der Waals surface area contributed by atoms with E-state index < -0.39 is 0 Å². The van der Waals surface area contributed by atoms with Crippen LogP contribution < -0.4 is 0 Å². The Hall–Kier alpha value is -4.84. The summed E-state index contributed by atoms with van der Waals surface area (Å²) in [5.74, 6) is 0.0837. The Morgan fingerprint density at radius 1 is 0.472 bits per heavy atom. The number of rotatable bonds is 3. The zero-order valence-corrected chi connectivity index (χ0v) is 19.1. The molecule has 0 atom stereocenters. The molecule has 0 aliphatic heterocycles. The van der Waals surface area contributed by atoms with Crippen LogP contribution in [0.15, 0.2) is 84.9 Å². The van der Waals surface area contributed by atoms with Gasteiger partial charge in [-0.3, -0.25) is 19.0 Å². The number of ketones is 2. The van der Waals surface area contributed by atoms with Crippen molar-refractivity contribution < 1.29 is 9.59 Å². The van der Waals surface area contributed by atoms with Crippen molar-refractivity contribution in [3.8, 4) is 22.5 Å². The van der Waals surface area contributed by atoms with Gasteiger partial charge in [0.1, 0.15) is 11.4 Å². The van der Waals surface area contributed by atoms with Gasteiger partial charge >= 0.3 is 0 Å². The molecule has 2 aliphatic rings. The van der Waals surface area contributed by atoms with Crippen LogP contribution in [0.3, 0.4) is 0 Å². The summed E-state index contributed by atoms with van der Waals surface area (Å²) < 4.78 is 3.94. The van der Waals surface area contributed by atoms with Crippen molar-refractivity contribution in [3.63, 3.8) is 0 Å². The quantitative estimate of drug-likeness (QED) is 0.344. The first-order valence-corrected chi connectivity index (χ1v) is 12.0. The second-order valence-corrected chi connectivity index (χ2v) is 9.29. The van der Waals surface area contributed by atoms with Gasteiger partial charge in [-0.1, -0.05) is 72.8 Å². The van der Waals surface area contributed by atoms with Crippen LogP contribution in [0.2, 0.25) is 0 Å². The van der Waals surface area contributed by atoms with E-state index in [1.54, 1.807) is 0 Å². The first kappa shape index (κ1) is 19.5. The second-order valence-electron chi connectivity index (χ2n) is 9.29. The van der Waals surface area contributed by atoms with Crippen molar-refractivity contribution in [3.05, 3.63) is 107 Å². The Morgan fingerprint density at radius 3 is 1.31 bits per heavy atom. The van der Waals surface area contributed by atoms with Crippen LogP contribution >= 0.6 is 0 Å². The number of benzene rings is 4. The van der Waals surface area contributed by atoms with Gasteiger partial charge in [-0.2, -0.15) is 10.2 Å². The highest BCUT2D eigenvalue weighted by atomic mass is 16.1. The molecule has 0 saturated carbocycles. The van der Waals surface area contributed by atoms with Crippen molar-refractivity contribution in [2.24, 2.45) is 0 Å². The molecule has 4 aromatic carbocycles. The van der Waals surface area contributed by atoms with Gasteiger partial charge < -0.3 is 0 Å². The van der Waals surface area contributed by atoms with Gasteiger partial charge in [-0.25, -0.2) is 0 Å². The highest BCUT2D eigenvalue weighted by Crippen LogP contribution is 2.40. The van der Waals surface area contributed by atoms with Crippen LogP contribution in [-0.2, 0) is 13.1 Å². The molecular formula is C30H18N4O2. The molecule has 170 valence electrons. The number of hydrogen-bond donors (Lipinski definition) is 0. The predicted molar refractivity (Wildman–Crippen MR) is 137 cm³/mol. The van der Waals surface area contributed by atoms with E-state index in [4.69, 9.17) is 10.2 Å². The fourth-order valence-corrected chi connectivity index (χ4v) is 5.81. The standard InChI is InChI=1S/C30H18N4O2/c35-29-19-9-3-1-7-17(19)27-25-21(29)11-5-13-23(25)33(31-27)15-16-34-24-14-6-12-22-26(24)28(32-34)18-8-2-4-10-20(18)30(22)36/h1-14H,15-16H2. The Labute approximate surface area is 205 Å². The minimum atomic E-state index is 0.0419. The van der Waals surface area contributed by atoms with E-state index >= 15 is 0 Å². The number of fused-ring (bicyclic) bond motifs is 4. The fourth-order valence-electron chi connectivity index (χ4n) is 5.81. The maximum atomic E-state index is 13.2. The SMILES string of the molecule is O=C1c2ccccc2-c2nn(CCn3nc4c5c(cccc53)C(=O)c3ccccc3-4)c3cccc1c23. The third-order valence-electron chi connectivity index (χ3n) is 7.42. The predicted octanol–water partition coefficient (Wildman–Crippen LogP) is 5.51. The average Bonchev–Trinajstić information content (AvgIpc) is 3.49. The van der Waals surface area contributed by atoms with Crippen molar-refractivity contribution in [1.29, 1.82) is 0 Å². The highest BCUT2D eigenvalue weighted by molar-refractivity contribution is 6.26. The summed E-state index contributed by atoms with van der Waals surface area (Å²) in [7, 11) is 0. The lowest BCUT2D eigenvalue weighted by Crippen LogP contribution is -2.10. The van der Waals surface area contributed by atoms with Crippen LogP contribution in [0, 0.1) is 0 Å². The molecule has 0 amide bonds. The summed E-state index contributed by atoms with van der Waals surface area (Å²) in [5, 5.41) is 11.7. The Kier molecular flexibility index (Phi) is 3.71. The van der Waals surface area contributed by atoms with E-state index in [0.29, 0.717) is 35.3 Å². The number of carbonyl (C=O) groups excluding carboxylic acids is 2. The van der Waals surface area contributed by atoms with Gasteiger partial charge in [0, 0.05) is 44.2 Å². The molecule has 0 fully saturated rings. The minimum absolute atomic E-state index is 0.0419. The number of aryl methyl sites for hydroxylation is 2. The van der Waals surface area contributed by atoms with Crippen molar-refractivity contribution in [2.45, 2.75) is 13.1 Å². The average molecular weight is 467 g/mol. The third-order valence-corrected chi connectivity index (χ3v) is 7.42. The van der Waals surface area contributed by atoms with E-state index in [1.165, 1.54) is 0 Å². The fraction of sp³-hybridized carbons (Fsp3) is 0.0667. The van der Waals surface area contributed by atoms with E-state index in [2.05, 4.69) is 0 Å². The molecule has 8 rings (SSSR count). The minimum Gasteiger partial charge on any atom is -0.289 e. The lowest BCUT2D eigenvalue weighted by atomic mass is 9.87. The van der Waals surface area contributed by atoms with E-state index in [1.807, 2.05) is 94.3 Å². The largest absolute Gasteiger partial charge is 0.289 e. The van der Waals surface area contributed by atoms with Crippen LogP contribution in [0.5, 0.6) is 0 Å². The molecule has 6 heteroatoms. The summed E-state index contributed by atoms with van der Waals surface area (Å²) in [6.45, 7) is 1.15. The Balaban J connectivity index is 1.26. The number of carbonyl (C=O) groups is 2. The maximum Gasteiger partial charge on any atom is 0.194 e. The van der Waals surface area contributed by atoms with Crippen molar-refractivity contribution in [2.75, 3.05) is 0 Å². The highest BCUT2D eigenvalue weighted by Gasteiger charge is 2.30. The molecule has 2 heterocycles. The molecule has 6 nitrogen and oxygen atoms in total. The first-order valence-electron chi connectivity index (χ1n) is 12.0. The van der Waals surface area contributed by atoms with Crippen molar-refractivity contribution in [1.82, 2.24) is 19.6 Å². The molecule has 0 N–H and O–H groups in total. The molecule has 2 aromatic heterocycles. The lowest BCUT2D eigenvalue weighted by molar-refractivity contribution is 0.103. The van der Waals surface area contributed by atoms with E-state index in [9.17, 15) is 9.59 Å². The molecule has 6 aromatic rings. The topological polar surface area (TPSA) is 69.8 Å². The van der Waals surface area contributed by atoms with E-state index in [0.717, 1.165) is 44.3 Å². The summed E-state index contributed by atoms with van der Waals surface area (Å²) in [4.78, 5) is 26.3. The molecule has 0 unspecified atom stereocenters. The summed E-state index contributed by atoms with van der Waals surface area (Å²) in [5.41, 5.74) is 8.11. The molecular weight excluding hydrogens is 448 g/mol. The van der Waals surface area contributed by atoms with Gasteiger partial charge in [0.25, 0.3) is 0 Å². The van der Waals surface area contributed by atoms with Crippen LogP contribution in [0.4, 0.5) is 0 Å². The van der Waals surface area contributed by atoms with Gasteiger partial charge in [0.15, 0.2) is 11.6 Å². The molecule has 2 aliphatic carbocycles. The Morgan fingerprint density at radius 2 is 0.861 bits per heavy atom. The lowest BCUT2D eigenvalue weighted by Gasteiger charge is -2.13. The number of aromatic nitrogens is 4. The summed E-state index contributed by atoms with van der Waals surface area (Å²) >= 11 is 0.